The van der Waals surface area contributed by atoms with Crippen LogP contribution in [0.15, 0.2) is 17.3 Å². The Kier molecular flexibility index (Phi) is 8.05. The first-order valence-electron chi connectivity index (χ1n) is 6.40. The maximum atomic E-state index is 10.0. The third kappa shape index (κ3) is 10.5. The molecular weight excluding hydrogens is 262 g/mol. The first kappa shape index (κ1) is 18.6. The standard InChI is InChI=1S/C10H17N3O2.C3H8O2/c1-8-3-4-10(15-8)13(2)6-5-9(11)12-7-14;1-3(2,4)5/h5-8,10H,3-4H2,1-2H3,(H2,11,12,14);4-5H,1-2H3/b6-5-;. The number of nitrogens with two attached hydrogens (primary N) is 1. The highest BCUT2D eigenvalue weighted by Crippen LogP contribution is 2.21. The van der Waals surface area contributed by atoms with E-state index in [-0.39, 0.29) is 12.1 Å². The maximum Gasteiger partial charge on any atom is 0.234 e. The first-order valence-corrected chi connectivity index (χ1v) is 6.40. The molecule has 0 bridgehead atoms. The van der Waals surface area contributed by atoms with Crippen molar-refractivity contribution in [1.82, 2.24) is 4.90 Å². The summed E-state index contributed by atoms with van der Waals surface area (Å²) in [5.41, 5.74) is 5.42. The van der Waals surface area contributed by atoms with Gasteiger partial charge < -0.3 is 25.6 Å². The molecule has 0 aromatic carbocycles. The van der Waals surface area contributed by atoms with Crippen LogP contribution in [-0.4, -0.2) is 52.5 Å². The second-order valence-electron chi connectivity index (χ2n) is 5.11. The van der Waals surface area contributed by atoms with Gasteiger partial charge in [-0.1, -0.05) is 0 Å². The molecular formula is C13H25N3O4. The Bertz CT molecular complexity index is 344. The van der Waals surface area contributed by atoms with Crippen LogP contribution in [0.5, 0.6) is 0 Å². The molecule has 0 saturated carbocycles. The molecule has 7 nitrogen and oxygen atoms in total. The summed E-state index contributed by atoms with van der Waals surface area (Å²) in [6.07, 6.45) is 6.26. The second-order valence-corrected chi connectivity index (χ2v) is 5.11. The average molecular weight is 287 g/mol. The summed E-state index contributed by atoms with van der Waals surface area (Å²) in [7, 11) is 1.91. The number of nitrogens with zero attached hydrogens (tertiary/aromatic N) is 2. The lowest BCUT2D eigenvalue weighted by atomic mass is 10.2. The Morgan fingerprint density at radius 3 is 2.40 bits per heavy atom. The molecule has 1 amide bonds. The number of hydrogen-bond donors (Lipinski definition) is 3. The number of rotatable bonds is 4. The lowest BCUT2D eigenvalue weighted by Crippen LogP contribution is -2.27. The van der Waals surface area contributed by atoms with E-state index >= 15 is 0 Å². The molecule has 20 heavy (non-hydrogen) atoms. The van der Waals surface area contributed by atoms with Crippen LogP contribution in [0.2, 0.25) is 0 Å². The third-order valence-corrected chi connectivity index (χ3v) is 2.35. The van der Waals surface area contributed by atoms with Crippen molar-refractivity contribution < 1.29 is 19.7 Å². The van der Waals surface area contributed by atoms with Crippen molar-refractivity contribution in [3.05, 3.63) is 12.3 Å². The summed E-state index contributed by atoms with van der Waals surface area (Å²) >= 11 is 0. The normalized spacial score (nSPS) is 23.4. The zero-order chi connectivity index (χ0) is 15.8. The van der Waals surface area contributed by atoms with E-state index in [9.17, 15) is 4.79 Å². The summed E-state index contributed by atoms with van der Waals surface area (Å²) in [6, 6.07) is 0. The molecule has 0 spiro atoms. The maximum absolute atomic E-state index is 10.0. The van der Waals surface area contributed by atoms with Crippen LogP contribution < -0.4 is 5.73 Å². The van der Waals surface area contributed by atoms with E-state index in [0.29, 0.717) is 12.5 Å². The van der Waals surface area contributed by atoms with Gasteiger partial charge in [0.05, 0.1) is 6.10 Å². The zero-order valence-electron chi connectivity index (χ0n) is 12.5. The number of aliphatic imine (C=N–C) groups is 1. The molecule has 0 aliphatic carbocycles. The number of hydrogen-bond acceptors (Lipinski definition) is 5. The summed E-state index contributed by atoms with van der Waals surface area (Å²) in [6.45, 7) is 4.65. The largest absolute Gasteiger partial charge is 0.384 e. The number of aliphatic hydroxyl groups is 2. The SMILES string of the molecule is CC(C)(O)O.CC1CCC(N(C)/C=C\C(N)=NC=O)O1. The average Bonchev–Trinajstić information content (AvgIpc) is 2.71. The highest BCUT2D eigenvalue weighted by Gasteiger charge is 2.23. The minimum Gasteiger partial charge on any atom is -0.384 e. The van der Waals surface area contributed by atoms with Crippen molar-refractivity contribution in [2.75, 3.05) is 7.05 Å². The second kappa shape index (κ2) is 8.68. The third-order valence-electron chi connectivity index (χ3n) is 2.35. The predicted octanol–water partition coefficient (Wildman–Crippen LogP) is 0.178. The van der Waals surface area contributed by atoms with Crippen molar-refractivity contribution >= 4 is 12.2 Å². The van der Waals surface area contributed by atoms with Crippen LogP contribution in [-0.2, 0) is 9.53 Å². The zero-order valence-corrected chi connectivity index (χ0v) is 12.5. The van der Waals surface area contributed by atoms with Gasteiger partial charge in [0.15, 0.2) is 5.79 Å². The van der Waals surface area contributed by atoms with Gasteiger partial charge in [0, 0.05) is 13.2 Å². The monoisotopic (exact) mass is 287 g/mol. The van der Waals surface area contributed by atoms with Crippen molar-refractivity contribution in [1.29, 1.82) is 0 Å². The fraction of sp³-hybridized carbons (Fsp3) is 0.692. The van der Waals surface area contributed by atoms with Crippen LogP contribution in [0.25, 0.3) is 0 Å². The Labute approximate surface area is 119 Å². The minimum absolute atomic E-state index is 0.0975. The smallest absolute Gasteiger partial charge is 0.234 e. The fourth-order valence-corrected chi connectivity index (χ4v) is 1.47. The van der Waals surface area contributed by atoms with Gasteiger partial charge in [-0.3, -0.25) is 4.79 Å². The van der Waals surface area contributed by atoms with E-state index in [0.717, 1.165) is 12.8 Å². The van der Waals surface area contributed by atoms with Gasteiger partial charge in [0.1, 0.15) is 12.1 Å². The van der Waals surface area contributed by atoms with Crippen LogP contribution in [0.1, 0.15) is 33.6 Å². The molecule has 0 radical (unpaired) electrons. The van der Waals surface area contributed by atoms with Gasteiger partial charge in [0.2, 0.25) is 6.41 Å². The van der Waals surface area contributed by atoms with Gasteiger partial charge in [-0.25, -0.2) is 0 Å². The summed E-state index contributed by atoms with van der Waals surface area (Å²) < 4.78 is 5.64. The molecule has 4 N–H and O–H groups in total. The molecule has 1 aliphatic rings. The fourth-order valence-electron chi connectivity index (χ4n) is 1.47. The highest BCUT2D eigenvalue weighted by molar-refractivity contribution is 5.95. The van der Waals surface area contributed by atoms with Crippen LogP contribution >= 0.6 is 0 Å². The Morgan fingerprint density at radius 2 is 2.00 bits per heavy atom. The van der Waals surface area contributed by atoms with E-state index in [1.165, 1.54) is 13.8 Å². The Balaban J connectivity index is 0.000000621. The van der Waals surface area contributed by atoms with Crippen molar-refractivity contribution in [3.8, 4) is 0 Å². The number of carbonyl (C=O) groups excluding carboxylic acids is 1. The van der Waals surface area contributed by atoms with E-state index in [4.69, 9.17) is 20.7 Å². The Morgan fingerprint density at radius 1 is 1.45 bits per heavy atom. The minimum atomic E-state index is -1.50. The molecule has 0 aromatic heterocycles. The first-order chi connectivity index (χ1) is 9.13. The molecule has 0 aromatic rings. The molecule has 7 heteroatoms. The molecule has 1 aliphatic heterocycles. The number of ether oxygens (including phenoxy) is 1. The van der Waals surface area contributed by atoms with Gasteiger partial charge in [0.25, 0.3) is 0 Å². The summed E-state index contributed by atoms with van der Waals surface area (Å²) in [5, 5.41) is 16.2. The van der Waals surface area contributed by atoms with E-state index in [1.807, 2.05) is 11.9 Å². The molecule has 1 fully saturated rings. The van der Waals surface area contributed by atoms with Crippen molar-refractivity contribution in [3.63, 3.8) is 0 Å². The number of carbonyl (C=O) groups is 1. The van der Waals surface area contributed by atoms with E-state index in [1.54, 1.807) is 12.3 Å². The van der Waals surface area contributed by atoms with Crippen LogP contribution in [0.3, 0.4) is 0 Å². The molecule has 1 heterocycles. The molecule has 2 unspecified atom stereocenters. The topological polar surface area (TPSA) is 108 Å². The van der Waals surface area contributed by atoms with Gasteiger partial charge in [-0.05, 0) is 39.7 Å². The van der Waals surface area contributed by atoms with Crippen molar-refractivity contribution in [2.24, 2.45) is 10.7 Å². The highest BCUT2D eigenvalue weighted by atomic mass is 16.5. The van der Waals surface area contributed by atoms with Gasteiger partial charge >= 0.3 is 0 Å². The van der Waals surface area contributed by atoms with Crippen LogP contribution in [0.4, 0.5) is 0 Å². The number of amidine groups is 1. The van der Waals surface area contributed by atoms with Gasteiger partial charge in [-0.15, -0.1) is 0 Å². The molecule has 1 rings (SSSR count). The molecule has 116 valence electrons. The molecule has 1 saturated heterocycles. The predicted molar refractivity (Wildman–Crippen MR) is 76.7 cm³/mol. The Hall–Kier alpha value is -1.44. The lowest BCUT2D eigenvalue weighted by molar-refractivity contribution is -0.127. The van der Waals surface area contributed by atoms with Crippen LogP contribution in [0, 0.1) is 0 Å². The van der Waals surface area contributed by atoms with E-state index in [2.05, 4.69) is 11.9 Å². The van der Waals surface area contributed by atoms with Crippen molar-refractivity contribution in [2.45, 2.75) is 51.7 Å². The van der Waals surface area contributed by atoms with Gasteiger partial charge in [-0.2, -0.15) is 4.99 Å². The quantitative estimate of drug-likeness (QED) is 0.294. The summed E-state index contributed by atoms with van der Waals surface area (Å²) in [5.74, 6) is -1.30. The van der Waals surface area contributed by atoms with E-state index < -0.39 is 5.79 Å². The summed E-state index contributed by atoms with van der Waals surface area (Å²) in [4.78, 5) is 15.3. The molecule has 2 atom stereocenters. The lowest BCUT2D eigenvalue weighted by Gasteiger charge is -2.22. The number of amides is 1.